The number of hydrogen-bond acceptors (Lipinski definition) is 3. The molecule has 1 aliphatic heterocycles. The Bertz CT molecular complexity index is 1590. The molecule has 1 fully saturated rings. The van der Waals surface area contributed by atoms with Crippen molar-refractivity contribution in [2.75, 3.05) is 20.1 Å². The molecule has 0 saturated carbocycles. The highest BCUT2D eigenvalue weighted by Gasteiger charge is 2.31. The Morgan fingerprint density at radius 2 is 1.65 bits per heavy atom. The van der Waals surface area contributed by atoms with Gasteiger partial charge in [0.1, 0.15) is 5.65 Å². The van der Waals surface area contributed by atoms with Crippen LogP contribution in [0.1, 0.15) is 35.6 Å². The Balaban J connectivity index is 1.36. The van der Waals surface area contributed by atoms with E-state index in [-0.39, 0.29) is 0 Å². The lowest BCUT2D eigenvalue weighted by atomic mass is 9.89. The topological polar surface area (TPSA) is 33.4 Å². The van der Waals surface area contributed by atoms with Gasteiger partial charge in [-0.15, -0.1) is 0 Å². The summed E-state index contributed by atoms with van der Waals surface area (Å²) in [5.74, 6) is 0.610. The molecule has 37 heavy (non-hydrogen) atoms. The van der Waals surface area contributed by atoms with E-state index in [1.807, 2.05) is 35.7 Å². The zero-order valence-electron chi connectivity index (χ0n) is 20.8. The van der Waals surface area contributed by atoms with Gasteiger partial charge in [-0.2, -0.15) is 13.2 Å². The number of likely N-dealkylation sites (tertiary alicyclic amines) is 1. The van der Waals surface area contributed by atoms with Crippen LogP contribution in [-0.2, 0) is 6.18 Å². The molecule has 0 radical (unpaired) electrons. The fourth-order valence-electron chi connectivity index (χ4n) is 5.40. The van der Waals surface area contributed by atoms with Crippen LogP contribution in [-0.4, -0.2) is 39.4 Å². The highest BCUT2D eigenvalue weighted by molar-refractivity contribution is 5.95. The number of piperidine rings is 1. The van der Waals surface area contributed by atoms with E-state index in [1.165, 1.54) is 30.5 Å². The minimum atomic E-state index is -4.42. The van der Waals surface area contributed by atoms with Crippen molar-refractivity contribution in [2.24, 2.45) is 0 Å². The van der Waals surface area contributed by atoms with Gasteiger partial charge in [0, 0.05) is 22.8 Å². The Kier molecular flexibility index (Phi) is 5.75. The minimum Gasteiger partial charge on any atom is -0.306 e. The van der Waals surface area contributed by atoms with Gasteiger partial charge in [-0.1, -0.05) is 24.3 Å². The lowest BCUT2D eigenvalue weighted by Gasteiger charge is -2.29. The first-order valence-electron chi connectivity index (χ1n) is 12.5. The first-order chi connectivity index (χ1) is 17.8. The van der Waals surface area contributed by atoms with Crippen molar-refractivity contribution in [3.05, 3.63) is 89.9 Å². The monoisotopic (exact) mass is 500 g/mol. The number of pyridine rings is 2. The Labute approximate surface area is 213 Å². The van der Waals surface area contributed by atoms with Crippen LogP contribution in [0.3, 0.4) is 0 Å². The average molecular weight is 501 g/mol. The van der Waals surface area contributed by atoms with Gasteiger partial charge in [0.05, 0.1) is 23.0 Å². The molecular formula is C30H27F3N4. The molecule has 0 unspecified atom stereocenters. The van der Waals surface area contributed by atoms with E-state index >= 15 is 0 Å². The van der Waals surface area contributed by atoms with E-state index < -0.39 is 11.7 Å². The molecule has 0 atom stereocenters. The van der Waals surface area contributed by atoms with Crippen molar-refractivity contribution in [1.82, 2.24) is 19.3 Å². The second kappa shape index (κ2) is 8.99. The van der Waals surface area contributed by atoms with Crippen LogP contribution in [0.5, 0.6) is 0 Å². The summed E-state index contributed by atoms with van der Waals surface area (Å²) in [7, 11) is 2.18. The zero-order valence-corrected chi connectivity index (χ0v) is 20.8. The van der Waals surface area contributed by atoms with Crippen molar-refractivity contribution in [3.8, 4) is 22.4 Å². The number of hydrogen-bond donors (Lipinski definition) is 0. The maximum atomic E-state index is 13.4. The van der Waals surface area contributed by atoms with E-state index in [4.69, 9.17) is 0 Å². The molecule has 4 nitrogen and oxygen atoms in total. The van der Waals surface area contributed by atoms with Crippen LogP contribution < -0.4 is 0 Å². The summed E-state index contributed by atoms with van der Waals surface area (Å²) < 4.78 is 42.2. The fourth-order valence-corrected chi connectivity index (χ4v) is 5.40. The molecule has 188 valence electrons. The molecule has 1 saturated heterocycles. The third-order valence-corrected chi connectivity index (χ3v) is 7.49. The maximum Gasteiger partial charge on any atom is 0.416 e. The standard InChI is InChI=1S/C30H27F3N4/c1-19-15-26(25-17-24(30(31,32)33)7-8-27(25)35-19)28-18-34-29-16-23(11-14-37(28)29)21-5-3-20(4-6-21)22-9-12-36(2)13-10-22/h3-8,11,14-18,22H,9-10,12-13H2,1-2H3. The lowest BCUT2D eigenvalue weighted by molar-refractivity contribution is -0.137. The summed E-state index contributed by atoms with van der Waals surface area (Å²) in [6.45, 7) is 4.11. The van der Waals surface area contributed by atoms with Crippen molar-refractivity contribution in [2.45, 2.75) is 31.9 Å². The highest BCUT2D eigenvalue weighted by Crippen LogP contribution is 2.36. The molecule has 4 heterocycles. The first-order valence-corrected chi connectivity index (χ1v) is 12.5. The SMILES string of the molecule is Cc1cc(-c2cnc3cc(-c4ccc(C5CCN(C)CC5)cc4)ccn23)c2cc(C(F)(F)F)ccc2n1. The predicted molar refractivity (Wildman–Crippen MR) is 141 cm³/mol. The molecule has 7 heteroatoms. The normalized spacial score (nSPS) is 15.6. The molecule has 3 aromatic heterocycles. The van der Waals surface area contributed by atoms with E-state index in [0.29, 0.717) is 22.4 Å². The Hall–Kier alpha value is -3.71. The van der Waals surface area contributed by atoms with Crippen LogP contribution in [0.2, 0.25) is 0 Å². The van der Waals surface area contributed by atoms with Crippen molar-refractivity contribution < 1.29 is 13.2 Å². The average Bonchev–Trinajstić information content (AvgIpc) is 3.31. The van der Waals surface area contributed by atoms with Gasteiger partial charge < -0.3 is 4.90 Å². The summed E-state index contributed by atoms with van der Waals surface area (Å²) in [5.41, 5.74) is 6.27. The van der Waals surface area contributed by atoms with E-state index in [2.05, 4.69) is 46.2 Å². The molecule has 0 spiro atoms. The first kappa shape index (κ1) is 23.7. The number of nitrogens with zero attached hydrogens (tertiary/aromatic N) is 4. The number of aromatic nitrogens is 3. The van der Waals surface area contributed by atoms with Crippen LogP contribution in [0.4, 0.5) is 13.2 Å². The van der Waals surface area contributed by atoms with Crippen LogP contribution in [0.15, 0.2) is 73.1 Å². The van der Waals surface area contributed by atoms with Gasteiger partial charge in [-0.05, 0) is 98.9 Å². The van der Waals surface area contributed by atoms with E-state index in [9.17, 15) is 13.2 Å². The summed E-state index contributed by atoms with van der Waals surface area (Å²) >= 11 is 0. The Morgan fingerprint density at radius 3 is 2.38 bits per heavy atom. The second-order valence-electron chi connectivity index (χ2n) is 10.0. The largest absolute Gasteiger partial charge is 0.416 e. The number of imidazole rings is 1. The van der Waals surface area contributed by atoms with Crippen molar-refractivity contribution in [1.29, 1.82) is 0 Å². The lowest BCUT2D eigenvalue weighted by Crippen LogP contribution is -2.29. The van der Waals surface area contributed by atoms with Crippen LogP contribution in [0, 0.1) is 6.92 Å². The third kappa shape index (κ3) is 4.48. The van der Waals surface area contributed by atoms with Gasteiger partial charge in [0.25, 0.3) is 0 Å². The second-order valence-corrected chi connectivity index (χ2v) is 10.0. The number of halogens is 3. The predicted octanol–water partition coefficient (Wildman–Crippen LogP) is 7.35. The molecular weight excluding hydrogens is 473 g/mol. The number of rotatable bonds is 3. The molecule has 0 bridgehead atoms. The summed E-state index contributed by atoms with van der Waals surface area (Å²) in [4.78, 5) is 11.4. The van der Waals surface area contributed by atoms with Gasteiger partial charge in [-0.25, -0.2) is 4.98 Å². The van der Waals surface area contributed by atoms with Crippen molar-refractivity contribution in [3.63, 3.8) is 0 Å². The molecule has 0 N–H and O–H groups in total. The fraction of sp³-hybridized carbons (Fsp3) is 0.267. The van der Waals surface area contributed by atoms with E-state index in [0.717, 1.165) is 47.3 Å². The van der Waals surface area contributed by atoms with Gasteiger partial charge in [0.15, 0.2) is 0 Å². The molecule has 0 aliphatic carbocycles. The third-order valence-electron chi connectivity index (χ3n) is 7.49. The molecule has 6 rings (SSSR count). The van der Waals surface area contributed by atoms with Crippen molar-refractivity contribution >= 4 is 16.6 Å². The smallest absolute Gasteiger partial charge is 0.306 e. The summed E-state index contributed by atoms with van der Waals surface area (Å²) in [6.07, 6.45) is 1.61. The number of alkyl halides is 3. The molecule has 0 amide bonds. The minimum absolute atomic E-state index is 0.454. The Morgan fingerprint density at radius 1 is 0.892 bits per heavy atom. The van der Waals surface area contributed by atoms with Gasteiger partial charge in [-0.3, -0.25) is 9.38 Å². The summed E-state index contributed by atoms with van der Waals surface area (Å²) in [6, 6.07) is 18.4. The van der Waals surface area contributed by atoms with Crippen LogP contribution >= 0.6 is 0 Å². The van der Waals surface area contributed by atoms with Gasteiger partial charge in [0.2, 0.25) is 0 Å². The number of fused-ring (bicyclic) bond motifs is 2. The summed E-state index contributed by atoms with van der Waals surface area (Å²) in [5, 5.41) is 0.454. The molecule has 5 aromatic rings. The highest BCUT2D eigenvalue weighted by atomic mass is 19.4. The maximum absolute atomic E-state index is 13.4. The quantitative estimate of drug-likeness (QED) is 0.260. The number of aryl methyl sites for hydroxylation is 1. The number of benzene rings is 2. The van der Waals surface area contributed by atoms with Gasteiger partial charge >= 0.3 is 6.18 Å². The molecule has 2 aromatic carbocycles. The zero-order chi connectivity index (χ0) is 25.7. The van der Waals surface area contributed by atoms with E-state index in [1.54, 1.807) is 6.20 Å². The molecule has 1 aliphatic rings. The van der Waals surface area contributed by atoms with Crippen LogP contribution in [0.25, 0.3) is 38.9 Å².